The van der Waals surface area contributed by atoms with Crippen LogP contribution in [-0.2, 0) is 21.7 Å². The first kappa shape index (κ1) is 25.6. The average molecular weight is 396 g/mol. The molecule has 0 radical (unpaired) electrons. The molecule has 0 nitrogen and oxygen atoms in total. The minimum atomic E-state index is 0. The molecule has 0 aliphatic carbocycles. The second-order valence-corrected chi connectivity index (χ2v) is 6.66. The molecule has 0 aromatic heterocycles. The van der Waals surface area contributed by atoms with Gasteiger partial charge in [-0.1, -0.05) is 150 Å². The van der Waals surface area contributed by atoms with E-state index in [0.717, 1.165) is 0 Å². The van der Waals surface area contributed by atoms with Crippen LogP contribution < -0.4 is 0 Å². The maximum absolute atomic E-state index is 2.27. The summed E-state index contributed by atoms with van der Waals surface area (Å²) < 4.78 is 0. The van der Waals surface area contributed by atoms with Gasteiger partial charge in [-0.2, -0.15) is 0 Å². The topological polar surface area (TPSA) is 0 Å². The summed E-state index contributed by atoms with van der Waals surface area (Å²) in [6, 6.07) is 20.6. The van der Waals surface area contributed by atoms with Gasteiger partial charge in [0.15, 0.2) is 0 Å². The molecule has 0 bridgehead atoms. The molecule has 0 spiro atoms. The molecule has 0 unspecified atom stereocenters. The molecule has 0 atom stereocenters. The summed E-state index contributed by atoms with van der Waals surface area (Å²) in [5.41, 5.74) is 2.44. The Bertz CT molecular complexity index is 529. The minimum absolute atomic E-state index is 0. The SMILES string of the molecule is C(C=Cc1ccccc1)=Cc1ccccc1.CCCCCCCCCC.[Ti+2]. The largest absolute Gasteiger partial charge is 2.00 e. The van der Waals surface area contributed by atoms with Crippen molar-refractivity contribution in [2.24, 2.45) is 0 Å². The predicted octanol–water partition coefficient (Wildman–Crippen LogP) is 8.56. The Morgan fingerprint density at radius 2 is 0.852 bits per heavy atom. The molecule has 2 aromatic carbocycles. The fraction of sp³-hybridized carbons (Fsp3) is 0.385. The third kappa shape index (κ3) is 15.4. The average Bonchev–Trinajstić information content (AvgIpc) is 2.70. The molecule has 142 valence electrons. The van der Waals surface area contributed by atoms with E-state index in [9.17, 15) is 0 Å². The number of unbranched alkanes of at least 4 members (excludes halogenated alkanes) is 7. The normalized spacial score (nSPS) is 10.4. The van der Waals surface area contributed by atoms with Crippen LogP contribution in [0.2, 0.25) is 0 Å². The standard InChI is InChI=1S/C16H14.C10H22.Ti/c1-3-9-15(10-4-1)13-7-8-14-16-11-5-2-6-12-16;1-3-5-7-9-10-8-6-4-2;/h1-14H;3-10H2,1-2H3;/q;;+2. The molecule has 0 aliphatic rings. The molecule has 1 heteroatoms. The van der Waals surface area contributed by atoms with E-state index in [-0.39, 0.29) is 21.7 Å². The number of hydrogen-bond donors (Lipinski definition) is 0. The Balaban J connectivity index is 0.000000539. The predicted molar refractivity (Wildman–Crippen MR) is 119 cm³/mol. The van der Waals surface area contributed by atoms with Crippen molar-refractivity contribution in [1.29, 1.82) is 0 Å². The Morgan fingerprint density at radius 3 is 1.19 bits per heavy atom. The summed E-state index contributed by atoms with van der Waals surface area (Å²) in [6.07, 6.45) is 19.8. The molecular formula is C26H36Ti+2. The van der Waals surface area contributed by atoms with Gasteiger partial charge in [0.05, 0.1) is 0 Å². The Kier molecular flexibility index (Phi) is 18.4. The Morgan fingerprint density at radius 1 is 0.519 bits per heavy atom. The zero-order valence-electron chi connectivity index (χ0n) is 17.2. The number of benzene rings is 2. The summed E-state index contributed by atoms with van der Waals surface area (Å²) in [5.74, 6) is 0. The summed E-state index contributed by atoms with van der Waals surface area (Å²) >= 11 is 0. The van der Waals surface area contributed by atoms with E-state index >= 15 is 0 Å². The molecule has 0 saturated heterocycles. The summed E-state index contributed by atoms with van der Waals surface area (Å²) in [4.78, 5) is 0. The minimum Gasteiger partial charge on any atom is -0.0654 e. The van der Waals surface area contributed by atoms with E-state index in [2.05, 4.69) is 62.4 Å². The zero-order valence-corrected chi connectivity index (χ0v) is 18.8. The Hall–Kier alpha value is -1.37. The van der Waals surface area contributed by atoms with Gasteiger partial charge >= 0.3 is 21.7 Å². The number of allylic oxidation sites excluding steroid dienone is 2. The van der Waals surface area contributed by atoms with Crippen molar-refractivity contribution in [1.82, 2.24) is 0 Å². The summed E-state index contributed by atoms with van der Waals surface area (Å²) in [7, 11) is 0. The van der Waals surface area contributed by atoms with E-state index in [1.807, 2.05) is 36.4 Å². The van der Waals surface area contributed by atoms with Crippen molar-refractivity contribution >= 4 is 12.2 Å². The van der Waals surface area contributed by atoms with Crippen LogP contribution in [0.3, 0.4) is 0 Å². The molecular weight excluding hydrogens is 360 g/mol. The maximum atomic E-state index is 2.27. The summed E-state index contributed by atoms with van der Waals surface area (Å²) in [5, 5.41) is 0. The van der Waals surface area contributed by atoms with Gasteiger partial charge < -0.3 is 0 Å². The van der Waals surface area contributed by atoms with Crippen molar-refractivity contribution in [2.75, 3.05) is 0 Å². The molecule has 27 heavy (non-hydrogen) atoms. The van der Waals surface area contributed by atoms with E-state index in [4.69, 9.17) is 0 Å². The van der Waals surface area contributed by atoms with E-state index in [1.54, 1.807) is 0 Å². The fourth-order valence-electron chi connectivity index (χ4n) is 2.67. The van der Waals surface area contributed by atoms with Crippen molar-refractivity contribution in [3.63, 3.8) is 0 Å². The monoisotopic (exact) mass is 396 g/mol. The van der Waals surface area contributed by atoms with Crippen LogP contribution in [0.4, 0.5) is 0 Å². The Labute approximate surface area is 182 Å². The first-order chi connectivity index (χ1) is 12.9. The van der Waals surface area contributed by atoms with Crippen LogP contribution in [0.1, 0.15) is 76.3 Å². The van der Waals surface area contributed by atoms with Gasteiger partial charge in [0.1, 0.15) is 0 Å². The molecule has 0 saturated carbocycles. The smallest absolute Gasteiger partial charge is 0.0654 e. The molecule has 0 amide bonds. The van der Waals surface area contributed by atoms with Crippen molar-refractivity contribution < 1.29 is 21.7 Å². The second kappa shape index (κ2) is 19.4. The van der Waals surface area contributed by atoms with Gasteiger partial charge in [-0.15, -0.1) is 0 Å². The molecule has 0 N–H and O–H groups in total. The van der Waals surface area contributed by atoms with Gasteiger partial charge in [-0.3, -0.25) is 0 Å². The third-order valence-corrected chi connectivity index (χ3v) is 4.24. The van der Waals surface area contributed by atoms with E-state index in [0.29, 0.717) is 0 Å². The van der Waals surface area contributed by atoms with Crippen LogP contribution in [0, 0.1) is 0 Å². The zero-order chi connectivity index (χ0) is 18.7. The van der Waals surface area contributed by atoms with Crippen molar-refractivity contribution in [3.8, 4) is 0 Å². The van der Waals surface area contributed by atoms with Gasteiger partial charge in [0, 0.05) is 0 Å². The van der Waals surface area contributed by atoms with Gasteiger partial charge in [-0.05, 0) is 11.1 Å². The van der Waals surface area contributed by atoms with Crippen LogP contribution in [0.25, 0.3) is 12.2 Å². The van der Waals surface area contributed by atoms with E-state index < -0.39 is 0 Å². The first-order valence-electron chi connectivity index (χ1n) is 10.3. The fourth-order valence-corrected chi connectivity index (χ4v) is 2.67. The molecule has 2 aromatic rings. The molecule has 0 aliphatic heterocycles. The van der Waals surface area contributed by atoms with E-state index in [1.165, 1.54) is 62.5 Å². The van der Waals surface area contributed by atoms with Crippen molar-refractivity contribution in [3.05, 3.63) is 83.9 Å². The second-order valence-electron chi connectivity index (χ2n) is 6.66. The summed E-state index contributed by atoms with van der Waals surface area (Å²) in [6.45, 7) is 4.54. The van der Waals surface area contributed by atoms with Gasteiger partial charge in [0.25, 0.3) is 0 Å². The van der Waals surface area contributed by atoms with Crippen molar-refractivity contribution in [2.45, 2.75) is 65.2 Å². The first-order valence-corrected chi connectivity index (χ1v) is 10.3. The molecule has 0 heterocycles. The van der Waals surface area contributed by atoms with Crippen LogP contribution in [-0.4, -0.2) is 0 Å². The van der Waals surface area contributed by atoms with Gasteiger partial charge in [0.2, 0.25) is 0 Å². The quantitative estimate of drug-likeness (QED) is 0.214. The third-order valence-electron chi connectivity index (χ3n) is 4.24. The van der Waals surface area contributed by atoms with Gasteiger partial charge in [-0.25, -0.2) is 0 Å². The number of rotatable bonds is 10. The van der Waals surface area contributed by atoms with Crippen LogP contribution in [0.5, 0.6) is 0 Å². The van der Waals surface area contributed by atoms with Crippen LogP contribution in [0.15, 0.2) is 72.8 Å². The molecule has 2 rings (SSSR count). The molecule has 0 fully saturated rings. The number of hydrogen-bond acceptors (Lipinski definition) is 0. The maximum Gasteiger partial charge on any atom is 2.00 e. The van der Waals surface area contributed by atoms with Crippen LogP contribution >= 0.6 is 0 Å².